The molecule has 0 saturated heterocycles. The van der Waals surface area contributed by atoms with Crippen LogP contribution in [0.15, 0.2) is 42.5 Å². The van der Waals surface area contributed by atoms with E-state index in [1.807, 2.05) is 0 Å². The fraction of sp³-hybridized carbons (Fsp3) is 0.118. The van der Waals surface area contributed by atoms with Crippen LogP contribution in [0.1, 0.15) is 18.1 Å². The first-order chi connectivity index (χ1) is 11.5. The molecule has 0 aliphatic heterocycles. The summed E-state index contributed by atoms with van der Waals surface area (Å²) in [6.45, 7) is 2.02. The molecule has 0 radical (unpaired) electrons. The quantitative estimate of drug-likeness (QED) is 0.237. The molecule has 24 heavy (non-hydrogen) atoms. The number of nitro benzene ring substituents is 1. The van der Waals surface area contributed by atoms with E-state index in [1.54, 1.807) is 37.3 Å². The van der Waals surface area contributed by atoms with Crippen LogP contribution < -0.4 is 0 Å². The summed E-state index contributed by atoms with van der Waals surface area (Å²) in [5, 5.41) is 21.1. The van der Waals surface area contributed by atoms with Crippen LogP contribution in [0.3, 0.4) is 0 Å². The van der Waals surface area contributed by atoms with Crippen LogP contribution in [0.2, 0.25) is 10.0 Å². The lowest BCUT2D eigenvalue weighted by atomic mass is 10.0. The fourth-order valence-electron chi connectivity index (χ4n) is 2.13. The van der Waals surface area contributed by atoms with Crippen LogP contribution in [0, 0.1) is 21.4 Å². The number of benzene rings is 2. The van der Waals surface area contributed by atoms with Gasteiger partial charge in [0.1, 0.15) is 22.4 Å². The molecule has 0 unspecified atom stereocenters. The number of rotatable bonds is 5. The van der Waals surface area contributed by atoms with Crippen LogP contribution >= 0.6 is 23.2 Å². The molecule has 0 aliphatic rings. The Morgan fingerprint density at radius 3 is 2.46 bits per heavy atom. The van der Waals surface area contributed by atoms with Crippen molar-refractivity contribution in [1.82, 2.24) is 0 Å². The number of nitriles is 1. The molecule has 0 aliphatic carbocycles. The Labute approximate surface area is 148 Å². The zero-order valence-electron chi connectivity index (χ0n) is 12.6. The van der Waals surface area contributed by atoms with E-state index in [0.29, 0.717) is 16.1 Å². The molecule has 0 saturated carbocycles. The summed E-state index contributed by atoms with van der Waals surface area (Å²) < 4.78 is 5.60. The van der Waals surface area contributed by atoms with Gasteiger partial charge in [-0.3, -0.25) is 10.1 Å². The van der Waals surface area contributed by atoms with Crippen LogP contribution in [0.4, 0.5) is 5.69 Å². The molecule has 122 valence electrons. The molecule has 2 aromatic carbocycles. The lowest BCUT2D eigenvalue weighted by molar-refractivity contribution is -0.384. The Balaban J connectivity index is 2.72. The van der Waals surface area contributed by atoms with E-state index in [-0.39, 0.29) is 28.6 Å². The van der Waals surface area contributed by atoms with Crippen molar-refractivity contribution >= 4 is 40.2 Å². The van der Waals surface area contributed by atoms with E-state index in [9.17, 15) is 15.4 Å². The summed E-state index contributed by atoms with van der Waals surface area (Å²) in [7, 11) is 0. The van der Waals surface area contributed by atoms with Crippen molar-refractivity contribution in [3.63, 3.8) is 0 Å². The van der Waals surface area contributed by atoms with Gasteiger partial charge >= 0.3 is 0 Å². The SMILES string of the molecule is CCOC(=C(C#N)c1ccc(Cl)cc1)c1cccc([N+](=O)[O-])c1Cl. The second-order valence-corrected chi connectivity index (χ2v) is 5.47. The summed E-state index contributed by atoms with van der Waals surface area (Å²) in [5.74, 6) is 0.191. The van der Waals surface area contributed by atoms with Gasteiger partial charge in [-0.1, -0.05) is 41.4 Å². The van der Waals surface area contributed by atoms with E-state index >= 15 is 0 Å². The van der Waals surface area contributed by atoms with Crippen LogP contribution in [-0.4, -0.2) is 11.5 Å². The molecule has 0 amide bonds. The van der Waals surface area contributed by atoms with Crippen molar-refractivity contribution in [2.45, 2.75) is 6.92 Å². The number of hydrogen-bond donors (Lipinski definition) is 0. The lowest BCUT2D eigenvalue weighted by Gasteiger charge is -2.13. The fourth-order valence-corrected chi connectivity index (χ4v) is 2.53. The molecular formula is C17H12Cl2N2O3. The number of halogens is 2. The first kappa shape index (κ1) is 17.8. The van der Waals surface area contributed by atoms with Gasteiger partial charge in [-0.05, 0) is 30.7 Å². The average Bonchev–Trinajstić information content (AvgIpc) is 2.56. The number of nitrogens with zero attached hydrogens (tertiary/aromatic N) is 2. The number of hydrogen-bond acceptors (Lipinski definition) is 4. The summed E-state index contributed by atoms with van der Waals surface area (Å²) in [4.78, 5) is 10.5. The van der Waals surface area contributed by atoms with Crippen molar-refractivity contribution in [1.29, 1.82) is 5.26 Å². The Bertz CT molecular complexity index is 840. The maximum atomic E-state index is 11.1. The predicted octanol–water partition coefficient (Wildman–Crippen LogP) is 5.33. The molecule has 2 aromatic rings. The maximum absolute atomic E-state index is 11.1. The van der Waals surface area contributed by atoms with E-state index in [1.165, 1.54) is 12.1 Å². The van der Waals surface area contributed by atoms with Crippen molar-refractivity contribution in [2.24, 2.45) is 0 Å². The summed E-state index contributed by atoms with van der Waals surface area (Å²) >= 11 is 12.0. The van der Waals surface area contributed by atoms with Gasteiger partial charge in [0.25, 0.3) is 5.69 Å². The van der Waals surface area contributed by atoms with E-state index < -0.39 is 4.92 Å². The van der Waals surface area contributed by atoms with Gasteiger partial charge in [-0.2, -0.15) is 5.26 Å². The Hall–Kier alpha value is -2.55. The van der Waals surface area contributed by atoms with Crippen molar-refractivity contribution in [3.8, 4) is 6.07 Å². The highest BCUT2D eigenvalue weighted by Crippen LogP contribution is 2.36. The monoisotopic (exact) mass is 362 g/mol. The number of allylic oxidation sites excluding steroid dienone is 1. The normalized spacial score (nSPS) is 11.4. The van der Waals surface area contributed by atoms with E-state index in [2.05, 4.69) is 6.07 Å². The minimum Gasteiger partial charge on any atom is -0.492 e. The molecular weight excluding hydrogens is 351 g/mol. The second-order valence-electron chi connectivity index (χ2n) is 4.65. The van der Waals surface area contributed by atoms with Crippen LogP contribution in [0.5, 0.6) is 0 Å². The zero-order valence-corrected chi connectivity index (χ0v) is 14.1. The predicted molar refractivity (Wildman–Crippen MR) is 93.6 cm³/mol. The summed E-state index contributed by atoms with van der Waals surface area (Å²) in [6, 6.07) is 13.1. The highest BCUT2D eigenvalue weighted by molar-refractivity contribution is 6.34. The Kier molecular flexibility index (Phi) is 5.80. The summed E-state index contributed by atoms with van der Waals surface area (Å²) in [6.07, 6.45) is 0. The van der Waals surface area contributed by atoms with Crippen molar-refractivity contribution in [3.05, 3.63) is 73.8 Å². The van der Waals surface area contributed by atoms with Crippen LogP contribution in [0.25, 0.3) is 11.3 Å². The highest BCUT2D eigenvalue weighted by atomic mass is 35.5. The third kappa shape index (κ3) is 3.67. The minimum atomic E-state index is -0.580. The first-order valence-electron chi connectivity index (χ1n) is 6.96. The average molecular weight is 363 g/mol. The molecule has 0 bridgehead atoms. The largest absolute Gasteiger partial charge is 0.492 e. The van der Waals surface area contributed by atoms with Gasteiger partial charge in [0.05, 0.1) is 11.5 Å². The third-order valence-corrected chi connectivity index (χ3v) is 3.83. The van der Waals surface area contributed by atoms with E-state index in [0.717, 1.165) is 0 Å². The minimum absolute atomic E-state index is 0.0762. The molecule has 5 nitrogen and oxygen atoms in total. The van der Waals surface area contributed by atoms with Crippen molar-refractivity contribution < 1.29 is 9.66 Å². The van der Waals surface area contributed by atoms with Gasteiger partial charge in [0, 0.05) is 16.7 Å². The molecule has 0 N–H and O–H groups in total. The Morgan fingerprint density at radius 2 is 1.92 bits per heavy atom. The van der Waals surface area contributed by atoms with Gasteiger partial charge < -0.3 is 4.74 Å². The third-order valence-electron chi connectivity index (χ3n) is 3.18. The van der Waals surface area contributed by atoms with Crippen LogP contribution in [-0.2, 0) is 4.74 Å². The molecule has 0 spiro atoms. The standard InChI is InChI=1S/C17H12Cl2N2O3/c1-2-24-17(13-4-3-5-15(16(13)19)21(22)23)14(10-20)11-6-8-12(18)9-7-11/h3-9H,2H2,1H3. The maximum Gasteiger partial charge on any atom is 0.288 e. The molecule has 0 atom stereocenters. The second kappa shape index (κ2) is 7.82. The molecule has 0 aromatic heterocycles. The van der Waals surface area contributed by atoms with Gasteiger partial charge in [0.15, 0.2) is 0 Å². The molecule has 0 heterocycles. The smallest absolute Gasteiger partial charge is 0.288 e. The molecule has 0 fully saturated rings. The van der Waals surface area contributed by atoms with Crippen molar-refractivity contribution in [2.75, 3.05) is 6.61 Å². The lowest BCUT2D eigenvalue weighted by Crippen LogP contribution is -1.99. The molecule has 7 heteroatoms. The number of nitro groups is 1. The van der Waals surface area contributed by atoms with E-state index in [4.69, 9.17) is 27.9 Å². The highest BCUT2D eigenvalue weighted by Gasteiger charge is 2.22. The zero-order chi connectivity index (χ0) is 17.7. The number of ether oxygens (including phenoxy) is 1. The first-order valence-corrected chi connectivity index (χ1v) is 7.71. The van der Waals surface area contributed by atoms with Gasteiger partial charge in [0.2, 0.25) is 0 Å². The molecule has 2 rings (SSSR count). The topological polar surface area (TPSA) is 76.2 Å². The Morgan fingerprint density at radius 1 is 1.25 bits per heavy atom. The summed E-state index contributed by atoms with van der Waals surface area (Å²) in [5.41, 5.74) is 0.836. The van der Waals surface area contributed by atoms with Gasteiger partial charge in [-0.15, -0.1) is 0 Å². The van der Waals surface area contributed by atoms with Gasteiger partial charge in [-0.25, -0.2) is 0 Å².